The Bertz CT molecular complexity index is 1140. The van der Waals surface area contributed by atoms with Gasteiger partial charge in [0.1, 0.15) is 0 Å². The van der Waals surface area contributed by atoms with Crippen molar-refractivity contribution in [3.63, 3.8) is 0 Å². The summed E-state index contributed by atoms with van der Waals surface area (Å²) in [6.07, 6.45) is 2.43. The molecule has 0 spiro atoms. The summed E-state index contributed by atoms with van der Waals surface area (Å²) in [5, 5.41) is 8.68. The molecule has 3 aromatic rings. The lowest BCUT2D eigenvalue weighted by molar-refractivity contribution is -0.119. The van der Waals surface area contributed by atoms with Gasteiger partial charge in [0, 0.05) is 18.3 Å². The number of furan rings is 1. The maximum absolute atomic E-state index is 11.9. The number of anilines is 1. The third kappa shape index (κ3) is 5.61. The summed E-state index contributed by atoms with van der Waals surface area (Å²) in [6.45, 7) is 0. The van der Waals surface area contributed by atoms with E-state index in [4.69, 9.17) is 4.42 Å². The molecule has 2 heterocycles. The number of nitrogens with one attached hydrogen (secondary N) is 3. The number of aromatic nitrogens is 3. The number of hydrazine groups is 1. The molecule has 0 saturated carbocycles. The Morgan fingerprint density at radius 1 is 1.13 bits per heavy atom. The fourth-order valence-corrected chi connectivity index (χ4v) is 3.63. The van der Waals surface area contributed by atoms with Gasteiger partial charge in [0.05, 0.1) is 18.3 Å². The van der Waals surface area contributed by atoms with E-state index < -0.39 is 21.8 Å². The number of nitrogens with zero attached hydrogens (tertiary/aromatic N) is 3. The number of rotatable bonds is 7. The zero-order chi connectivity index (χ0) is 21.7. The summed E-state index contributed by atoms with van der Waals surface area (Å²) in [7, 11) is -1.61. The monoisotopic (exact) mass is 450 g/mol. The molecule has 13 heteroatoms. The minimum atomic E-state index is -3.35. The predicted octanol–water partition coefficient (Wildman–Crippen LogP) is 1.000. The first-order valence-corrected chi connectivity index (χ1v) is 11.3. The highest BCUT2D eigenvalue weighted by atomic mass is 32.2. The first-order valence-electron chi connectivity index (χ1n) is 8.46. The Hall–Kier alpha value is -3.32. The van der Waals surface area contributed by atoms with E-state index in [1.807, 2.05) is 0 Å². The number of hydrogen-bond acceptors (Lipinski definition) is 8. The Kier molecular flexibility index (Phi) is 6.42. The molecule has 0 fully saturated rings. The van der Waals surface area contributed by atoms with Crippen LogP contribution in [0.5, 0.6) is 0 Å². The predicted molar refractivity (Wildman–Crippen MR) is 110 cm³/mol. The lowest BCUT2D eigenvalue weighted by Gasteiger charge is -2.07. The van der Waals surface area contributed by atoms with Gasteiger partial charge in [-0.25, -0.2) is 8.42 Å². The van der Waals surface area contributed by atoms with Crippen molar-refractivity contribution in [1.82, 2.24) is 25.6 Å². The molecular formula is C17H18N6O5S2. The van der Waals surface area contributed by atoms with E-state index in [1.54, 1.807) is 41.9 Å². The molecule has 2 amide bonds. The van der Waals surface area contributed by atoms with E-state index in [0.29, 0.717) is 16.7 Å². The van der Waals surface area contributed by atoms with E-state index in [9.17, 15) is 18.0 Å². The van der Waals surface area contributed by atoms with Crippen molar-refractivity contribution >= 4 is 39.3 Å². The van der Waals surface area contributed by atoms with E-state index in [2.05, 4.69) is 25.8 Å². The normalized spacial score (nSPS) is 11.1. The molecule has 0 aliphatic carbocycles. The van der Waals surface area contributed by atoms with Crippen LogP contribution in [0.15, 0.2) is 52.2 Å². The van der Waals surface area contributed by atoms with Crippen molar-refractivity contribution in [3.05, 3.63) is 48.4 Å². The van der Waals surface area contributed by atoms with Crippen LogP contribution in [0.3, 0.4) is 0 Å². The van der Waals surface area contributed by atoms with Gasteiger partial charge in [-0.1, -0.05) is 11.8 Å². The standard InChI is InChI=1S/C17H18N6O5S2/c1-23-15(11-5-7-12(8-6-11)22-30(2,26)27)19-21-17(23)29-10-14(24)18-20-16(25)13-4-3-9-28-13/h3-9,22H,10H2,1-2H3,(H,18,24)(H,20,25). The first-order chi connectivity index (χ1) is 14.2. The molecule has 30 heavy (non-hydrogen) atoms. The van der Waals surface area contributed by atoms with E-state index in [1.165, 1.54) is 12.3 Å². The molecule has 0 bridgehead atoms. The molecule has 0 radical (unpaired) electrons. The lowest BCUT2D eigenvalue weighted by Crippen LogP contribution is -2.42. The summed E-state index contributed by atoms with van der Waals surface area (Å²) in [4.78, 5) is 23.6. The minimum Gasteiger partial charge on any atom is -0.459 e. The van der Waals surface area contributed by atoms with Crippen molar-refractivity contribution < 1.29 is 22.4 Å². The molecule has 0 unspecified atom stereocenters. The summed E-state index contributed by atoms with van der Waals surface area (Å²) in [6, 6.07) is 9.70. The molecule has 0 atom stereocenters. The van der Waals surface area contributed by atoms with Crippen LogP contribution in [0.4, 0.5) is 5.69 Å². The molecule has 3 N–H and O–H groups in total. The topological polar surface area (TPSA) is 148 Å². The quantitative estimate of drug-likeness (QED) is 0.357. The van der Waals surface area contributed by atoms with Gasteiger partial charge in [-0.15, -0.1) is 10.2 Å². The van der Waals surface area contributed by atoms with Gasteiger partial charge < -0.3 is 8.98 Å². The smallest absolute Gasteiger partial charge is 0.305 e. The van der Waals surface area contributed by atoms with Crippen LogP contribution in [0.25, 0.3) is 11.4 Å². The molecule has 158 valence electrons. The summed E-state index contributed by atoms with van der Waals surface area (Å²) < 4.78 is 31.6. The molecule has 0 aliphatic heterocycles. The molecule has 0 saturated heterocycles. The van der Waals surface area contributed by atoms with Gasteiger partial charge in [0.15, 0.2) is 16.7 Å². The van der Waals surface area contributed by atoms with Crippen LogP contribution in [0.2, 0.25) is 0 Å². The van der Waals surface area contributed by atoms with E-state index >= 15 is 0 Å². The number of thioether (sulfide) groups is 1. The molecule has 0 aliphatic rings. The average Bonchev–Trinajstić information content (AvgIpc) is 3.34. The fourth-order valence-electron chi connectivity index (χ4n) is 2.36. The highest BCUT2D eigenvalue weighted by Crippen LogP contribution is 2.24. The Morgan fingerprint density at radius 3 is 2.50 bits per heavy atom. The van der Waals surface area contributed by atoms with Crippen LogP contribution in [0.1, 0.15) is 10.6 Å². The molecule has 2 aromatic heterocycles. The maximum Gasteiger partial charge on any atom is 0.305 e. The van der Waals surface area contributed by atoms with Crippen molar-refractivity contribution in [3.8, 4) is 11.4 Å². The maximum atomic E-state index is 11.9. The van der Waals surface area contributed by atoms with Crippen molar-refractivity contribution in [2.45, 2.75) is 5.16 Å². The minimum absolute atomic E-state index is 0.00161. The number of sulfonamides is 1. The van der Waals surface area contributed by atoms with E-state index in [0.717, 1.165) is 23.6 Å². The highest BCUT2D eigenvalue weighted by molar-refractivity contribution is 7.99. The van der Waals surface area contributed by atoms with Gasteiger partial charge in [-0.2, -0.15) is 0 Å². The third-order valence-electron chi connectivity index (χ3n) is 3.67. The number of amides is 2. The zero-order valence-corrected chi connectivity index (χ0v) is 17.6. The second-order valence-electron chi connectivity index (χ2n) is 6.09. The number of carbonyl (C=O) groups excluding carboxylic acids is 2. The second-order valence-corrected chi connectivity index (χ2v) is 8.78. The molecule has 3 rings (SSSR count). The van der Waals surface area contributed by atoms with Crippen LogP contribution < -0.4 is 15.6 Å². The number of hydrogen-bond donors (Lipinski definition) is 3. The van der Waals surface area contributed by atoms with Crippen molar-refractivity contribution in [2.24, 2.45) is 7.05 Å². The van der Waals surface area contributed by atoms with Crippen LogP contribution >= 0.6 is 11.8 Å². The second kappa shape index (κ2) is 9.00. The lowest BCUT2D eigenvalue weighted by atomic mass is 10.2. The summed E-state index contributed by atoms with van der Waals surface area (Å²) in [5.74, 6) is -0.357. The van der Waals surface area contributed by atoms with Gasteiger partial charge >= 0.3 is 5.91 Å². The first kappa shape index (κ1) is 21.4. The summed E-state index contributed by atoms with van der Waals surface area (Å²) >= 11 is 1.14. The molecular weight excluding hydrogens is 432 g/mol. The van der Waals surface area contributed by atoms with Crippen molar-refractivity contribution in [1.29, 1.82) is 0 Å². The number of benzene rings is 1. The summed E-state index contributed by atoms with van der Waals surface area (Å²) in [5.41, 5.74) is 5.71. The van der Waals surface area contributed by atoms with Gasteiger partial charge in [0.2, 0.25) is 15.9 Å². The number of carbonyl (C=O) groups is 2. The highest BCUT2D eigenvalue weighted by Gasteiger charge is 2.14. The van der Waals surface area contributed by atoms with Crippen LogP contribution in [-0.4, -0.2) is 47.0 Å². The fraction of sp³-hybridized carbons (Fsp3) is 0.176. The largest absolute Gasteiger partial charge is 0.459 e. The zero-order valence-electron chi connectivity index (χ0n) is 15.9. The Morgan fingerprint density at radius 2 is 1.87 bits per heavy atom. The van der Waals surface area contributed by atoms with Crippen molar-refractivity contribution in [2.75, 3.05) is 16.7 Å². The Balaban J connectivity index is 1.56. The van der Waals surface area contributed by atoms with Crippen LogP contribution in [-0.2, 0) is 21.9 Å². The van der Waals surface area contributed by atoms with Gasteiger partial charge in [-0.05, 0) is 36.4 Å². The van der Waals surface area contributed by atoms with Gasteiger partial charge in [0.25, 0.3) is 0 Å². The van der Waals surface area contributed by atoms with Crippen LogP contribution in [0, 0.1) is 0 Å². The Labute approximate surface area is 176 Å². The third-order valence-corrected chi connectivity index (χ3v) is 5.30. The molecule has 11 nitrogen and oxygen atoms in total. The molecule has 1 aromatic carbocycles. The van der Waals surface area contributed by atoms with Gasteiger partial charge in [-0.3, -0.25) is 25.2 Å². The van der Waals surface area contributed by atoms with E-state index in [-0.39, 0.29) is 11.5 Å². The SMILES string of the molecule is Cn1c(SCC(=O)NNC(=O)c2ccco2)nnc1-c1ccc(NS(C)(=O)=O)cc1. The average molecular weight is 451 g/mol.